The number of hydrogen-bond donors (Lipinski definition) is 1. The molecule has 0 bridgehead atoms. The molecular formula is C16H24N4O2. The highest BCUT2D eigenvalue weighted by Gasteiger charge is 2.26. The number of likely N-dealkylation sites (N-methyl/N-ethyl adjacent to an activating group) is 1. The van der Waals surface area contributed by atoms with E-state index in [0.29, 0.717) is 6.54 Å². The number of primary amides is 1. The first-order chi connectivity index (χ1) is 10.5. The monoisotopic (exact) mass is 304 g/mol. The number of likely N-dealkylation sites (tertiary alicyclic amines) is 1. The lowest BCUT2D eigenvalue weighted by Crippen LogP contribution is -2.44. The van der Waals surface area contributed by atoms with Gasteiger partial charge in [0.2, 0.25) is 11.8 Å². The van der Waals surface area contributed by atoms with Gasteiger partial charge in [-0.15, -0.1) is 0 Å². The number of nitrogens with zero attached hydrogens (tertiary/aromatic N) is 3. The molecule has 1 fully saturated rings. The summed E-state index contributed by atoms with van der Waals surface area (Å²) >= 11 is 0. The molecule has 1 aromatic heterocycles. The second kappa shape index (κ2) is 7.35. The molecule has 1 aliphatic heterocycles. The molecule has 1 atom stereocenters. The van der Waals surface area contributed by atoms with E-state index < -0.39 is 0 Å². The molecule has 1 saturated heterocycles. The summed E-state index contributed by atoms with van der Waals surface area (Å²) in [5.74, 6) is -0.184. The number of carbonyl (C=O) groups excluding carboxylic acids is 2. The summed E-state index contributed by atoms with van der Waals surface area (Å²) in [7, 11) is 1.82. The number of hydrogen-bond acceptors (Lipinski definition) is 4. The lowest BCUT2D eigenvalue weighted by atomic mass is 9.96. The second-order valence-electron chi connectivity index (χ2n) is 5.91. The molecule has 2 heterocycles. The molecule has 6 nitrogen and oxygen atoms in total. The van der Waals surface area contributed by atoms with Crippen LogP contribution >= 0.6 is 0 Å². The number of nitrogens with two attached hydrogens (primary N) is 1. The fourth-order valence-corrected chi connectivity index (χ4v) is 2.76. The Labute approximate surface area is 131 Å². The quantitative estimate of drug-likeness (QED) is 0.872. The largest absolute Gasteiger partial charge is 0.369 e. The molecule has 6 heteroatoms. The van der Waals surface area contributed by atoms with Crippen LogP contribution in [0.3, 0.4) is 0 Å². The van der Waals surface area contributed by atoms with Crippen molar-refractivity contribution in [1.29, 1.82) is 0 Å². The van der Waals surface area contributed by atoms with Gasteiger partial charge in [-0.3, -0.25) is 19.5 Å². The van der Waals surface area contributed by atoms with E-state index in [0.717, 1.165) is 31.5 Å². The first-order valence-electron chi connectivity index (χ1n) is 7.66. The number of aromatic nitrogens is 1. The Morgan fingerprint density at radius 3 is 2.50 bits per heavy atom. The van der Waals surface area contributed by atoms with Gasteiger partial charge in [-0.25, -0.2) is 0 Å². The van der Waals surface area contributed by atoms with E-state index in [1.54, 1.807) is 17.3 Å². The Hall–Kier alpha value is -1.95. The van der Waals surface area contributed by atoms with Crippen molar-refractivity contribution < 1.29 is 9.59 Å². The molecule has 0 spiro atoms. The minimum Gasteiger partial charge on any atom is -0.369 e. The van der Waals surface area contributed by atoms with E-state index in [1.165, 1.54) is 0 Å². The van der Waals surface area contributed by atoms with Gasteiger partial charge in [0.05, 0.1) is 12.6 Å². The van der Waals surface area contributed by atoms with Gasteiger partial charge in [0.15, 0.2) is 0 Å². The predicted molar refractivity (Wildman–Crippen MR) is 83.8 cm³/mol. The van der Waals surface area contributed by atoms with Crippen molar-refractivity contribution in [2.75, 3.05) is 26.7 Å². The number of carbonyl (C=O) groups is 2. The molecule has 2 amide bonds. The molecule has 0 aromatic carbocycles. The summed E-state index contributed by atoms with van der Waals surface area (Å²) in [4.78, 5) is 31.4. The topological polar surface area (TPSA) is 79.5 Å². The van der Waals surface area contributed by atoms with E-state index in [9.17, 15) is 9.59 Å². The van der Waals surface area contributed by atoms with Crippen LogP contribution in [0.5, 0.6) is 0 Å². The van der Waals surface area contributed by atoms with Gasteiger partial charge in [-0.2, -0.15) is 0 Å². The van der Waals surface area contributed by atoms with Crippen LogP contribution in [0, 0.1) is 5.92 Å². The van der Waals surface area contributed by atoms with Crippen LogP contribution in [0.1, 0.15) is 31.4 Å². The molecule has 0 unspecified atom stereocenters. The third kappa shape index (κ3) is 4.04. The molecule has 0 radical (unpaired) electrons. The third-order valence-corrected chi connectivity index (χ3v) is 4.51. The number of piperidine rings is 1. The fourth-order valence-electron chi connectivity index (χ4n) is 2.76. The molecule has 0 saturated carbocycles. The van der Waals surface area contributed by atoms with Crippen molar-refractivity contribution in [3.05, 3.63) is 30.1 Å². The zero-order chi connectivity index (χ0) is 16.1. The zero-order valence-electron chi connectivity index (χ0n) is 13.2. The average molecular weight is 304 g/mol. The van der Waals surface area contributed by atoms with Crippen molar-refractivity contribution >= 4 is 11.8 Å². The van der Waals surface area contributed by atoms with Crippen molar-refractivity contribution in [3.8, 4) is 0 Å². The Morgan fingerprint density at radius 2 is 1.95 bits per heavy atom. The van der Waals surface area contributed by atoms with E-state index in [1.807, 2.05) is 26.1 Å². The molecule has 1 aliphatic rings. The summed E-state index contributed by atoms with van der Waals surface area (Å²) < 4.78 is 0. The Balaban J connectivity index is 1.86. The van der Waals surface area contributed by atoms with Gasteiger partial charge in [0.25, 0.3) is 0 Å². The van der Waals surface area contributed by atoms with Gasteiger partial charge in [0, 0.05) is 25.4 Å². The first-order valence-corrected chi connectivity index (χ1v) is 7.66. The average Bonchev–Trinajstić information content (AvgIpc) is 2.54. The van der Waals surface area contributed by atoms with Gasteiger partial charge in [0.1, 0.15) is 0 Å². The molecule has 2 N–H and O–H groups in total. The molecular weight excluding hydrogens is 280 g/mol. The van der Waals surface area contributed by atoms with Crippen LogP contribution in [0.25, 0.3) is 0 Å². The van der Waals surface area contributed by atoms with E-state index in [2.05, 4.69) is 9.88 Å². The minimum atomic E-state index is -0.227. The first kappa shape index (κ1) is 16.4. The maximum Gasteiger partial charge on any atom is 0.236 e. The molecule has 2 rings (SSSR count). The standard InChI is InChI=1S/C16H24N4O2/c1-12(13-3-7-18-8-4-13)19(2)15(21)11-20-9-5-14(6-10-20)16(17)22/h3-4,7-8,12,14H,5-6,9-11H2,1-2H3,(H2,17,22)/t12-/m1/s1. The van der Waals surface area contributed by atoms with E-state index in [4.69, 9.17) is 5.73 Å². The summed E-state index contributed by atoms with van der Waals surface area (Å²) in [6, 6.07) is 3.86. The minimum absolute atomic E-state index is 0.0126. The van der Waals surface area contributed by atoms with Crippen LogP contribution < -0.4 is 5.73 Å². The highest BCUT2D eigenvalue weighted by molar-refractivity contribution is 5.79. The molecule has 1 aromatic rings. The molecule has 0 aliphatic carbocycles. The summed E-state index contributed by atoms with van der Waals surface area (Å²) in [5, 5.41) is 0. The SMILES string of the molecule is C[C@H](c1ccncc1)N(C)C(=O)CN1CCC(C(N)=O)CC1. The highest BCUT2D eigenvalue weighted by atomic mass is 16.2. The number of amides is 2. The third-order valence-electron chi connectivity index (χ3n) is 4.51. The number of rotatable bonds is 5. The van der Waals surface area contributed by atoms with Gasteiger partial charge < -0.3 is 10.6 Å². The van der Waals surface area contributed by atoms with Crippen LogP contribution in [-0.2, 0) is 9.59 Å². The van der Waals surface area contributed by atoms with Gasteiger partial charge in [-0.1, -0.05) is 0 Å². The Morgan fingerprint density at radius 1 is 1.36 bits per heavy atom. The van der Waals surface area contributed by atoms with Crippen molar-refractivity contribution in [3.63, 3.8) is 0 Å². The van der Waals surface area contributed by atoms with Crippen LogP contribution in [0.15, 0.2) is 24.5 Å². The van der Waals surface area contributed by atoms with Crippen LogP contribution in [-0.4, -0.2) is 53.3 Å². The number of pyridine rings is 1. The summed E-state index contributed by atoms with van der Waals surface area (Å²) in [5.41, 5.74) is 6.40. The molecule has 22 heavy (non-hydrogen) atoms. The highest BCUT2D eigenvalue weighted by Crippen LogP contribution is 2.20. The predicted octanol–water partition coefficient (Wildman–Crippen LogP) is 0.798. The zero-order valence-corrected chi connectivity index (χ0v) is 13.2. The van der Waals surface area contributed by atoms with Crippen LogP contribution in [0.4, 0.5) is 0 Å². The van der Waals surface area contributed by atoms with E-state index >= 15 is 0 Å². The normalized spacial score (nSPS) is 17.9. The van der Waals surface area contributed by atoms with Crippen molar-refractivity contribution in [1.82, 2.24) is 14.8 Å². The lowest BCUT2D eigenvalue weighted by molar-refractivity contribution is -0.133. The Bertz CT molecular complexity index is 512. The van der Waals surface area contributed by atoms with Crippen LogP contribution in [0.2, 0.25) is 0 Å². The fraction of sp³-hybridized carbons (Fsp3) is 0.562. The molecule has 120 valence electrons. The van der Waals surface area contributed by atoms with Gasteiger partial charge in [-0.05, 0) is 50.6 Å². The lowest BCUT2D eigenvalue weighted by Gasteiger charge is -2.32. The van der Waals surface area contributed by atoms with Crippen molar-refractivity contribution in [2.24, 2.45) is 11.7 Å². The Kier molecular flexibility index (Phi) is 5.49. The van der Waals surface area contributed by atoms with Gasteiger partial charge >= 0.3 is 0 Å². The van der Waals surface area contributed by atoms with E-state index in [-0.39, 0.29) is 23.8 Å². The summed E-state index contributed by atoms with van der Waals surface area (Å²) in [6.07, 6.45) is 4.95. The van der Waals surface area contributed by atoms with Crippen molar-refractivity contribution in [2.45, 2.75) is 25.8 Å². The maximum atomic E-state index is 12.4. The summed E-state index contributed by atoms with van der Waals surface area (Å²) in [6.45, 7) is 3.89. The second-order valence-corrected chi connectivity index (χ2v) is 5.91. The smallest absolute Gasteiger partial charge is 0.236 e. The maximum absolute atomic E-state index is 12.4.